The lowest BCUT2D eigenvalue weighted by Crippen LogP contribution is -2.08. The van der Waals surface area contributed by atoms with Gasteiger partial charge >= 0.3 is 0 Å². The molecule has 0 aliphatic heterocycles. The second-order valence-corrected chi connectivity index (χ2v) is 4.01. The van der Waals surface area contributed by atoms with Crippen LogP contribution in [0.5, 0.6) is 0 Å². The Morgan fingerprint density at radius 3 is 3.06 bits per heavy atom. The molecule has 2 heterocycles. The number of anilines is 1. The molecule has 82 valence electrons. The number of nitrogens with two attached hydrogens (primary N) is 1. The van der Waals surface area contributed by atoms with Crippen LogP contribution in [-0.4, -0.2) is 19.5 Å². The number of hydrogen-bond donors (Lipinski definition) is 1. The molecule has 2 aromatic heterocycles. The normalized spacial score (nSPS) is 20.4. The molecule has 16 heavy (non-hydrogen) atoms. The molecule has 1 aliphatic carbocycles. The first-order chi connectivity index (χ1) is 7.86. The molecular formula is C11H13N5. The smallest absolute Gasteiger partial charge is 0.165 e. The molecule has 1 unspecified atom stereocenters. The summed E-state index contributed by atoms with van der Waals surface area (Å²) in [4.78, 5) is 12.5. The van der Waals surface area contributed by atoms with Crippen LogP contribution in [0.15, 0.2) is 24.8 Å². The number of fused-ring (bicyclic) bond motifs is 1. The third-order valence-corrected chi connectivity index (χ3v) is 2.97. The van der Waals surface area contributed by atoms with Crippen LogP contribution in [0.4, 0.5) is 5.82 Å². The number of nitrogens with zero attached hydrogens (tertiary/aromatic N) is 4. The van der Waals surface area contributed by atoms with Gasteiger partial charge in [-0.2, -0.15) is 0 Å². The standard InChI is InChI=1S/C11H13N5/c12-10-9-11(14-6-13-10)16(7-15-9)8-4-2-1-3-5-8/h2,4,6-8H,1,3,5H2,(H2,12,13,14). The topological polar surface area (TPSA) is 69.6 Å². The van der Waals surface area contributed by atoms with Gasteiger partial charge in [0.2, 0.25) is 0 Å². The van der Waals surface area contributed by atoms with Crippen molar-refractivity contribution in [3.05, 3.63) is 24.8 Å². The van der Waals surface area contributed by atoms with Crippen molar-refractivity contribution in [1.82, 2.24) is 19.5 Å². The predicted octanol–water partition coefficient (Wildman–Crippen LogP) is 1.69. The first-order valence-electron chi connectivity index (χ1n) is 5.46. The van der Waals surface area contributed by atoms with Crippen LogP contribution in [-0.2, 0) is 0 Å². The summed E-state index contributed by atoms with van der Waals surface area (Å²) in [6, 6.07) is 0.355. The average Bonchev–Trinajstić information content (AvgIpc) is 2.75. The largest absolute Gasteiger partial charge is 0.382 e. The van der Waals surface area contributed by atoms with Crippen LogP contribution in [0.1, 0.15) is 25.3 Å². The fourth-order valence-electron chi connectivity index (χ4n) is 2.14. The Hall–Kier alpha value is -1.91. The molecule has 1 atom stereocenters. The minimum atomic E-state index is 0.355. The van der Waals surface area contributed by atoms with Gasteiger partial charge in [0.15, 0.2) is 11.5 Å². The fraction of sp³-hybridized carbons (Fsp3) is 0.364. The summed E-state index contributed by atoms with van der Waals surface area (Å²) >= 11 is 0. The summed E-state index contributed by atoms with van der Waals surface area (Å²) in [5, 5.41) is 0. The molecule has 2 aromatic rings. The van der Waals surface area contributed by atoms with E-state index in [1.807, 2.05) is 0 Å². The molecule has 0 radical (unpaired) electrons. The van der Waals surface area contributed by atoms with Crippen LogP contribution in [0.25, 0.3) is 11.2 Å². The Labute approximate surface area is 93.0 Å². The quantitative estimate of drug-likeness (QED) is 0.735. The molecule has 0 saturated heterocycles. The van der Waals surface area contributed by atoms with Gasteiger partial charge in [-0.15, -0.1) is 0 Å². The highest BCUT2D eigenvalue weighted by molar-refractivity contribution is 5.81. The SMILES string of the molecule is Nc1ncnc2c1ncn2C1C=CCCC1. The first kappa shape index (κ1) is 9.33. The van der Waals surface area contributed by atoms with Crippen molar-refractivity contribution < 1.29 is 0 Å². The number of hydrogen-bond acceptors (Lipinski definition) is 4. The number of aromatic nitrogens is 4. The Kier molecular flexibility index (Phi) is 2.09. The molecule has 0 fully saturated rings. The zero-order valence-electron chi connectivity index (χ0n) is 8.87. The Bertz CT molecular complexity index is 542. The molecule has 5 nitrogen and oxygen atoms in total. The minimum Gasteiger partial charge on any atom is -0.382 e. The van der Waals surface area contributed by atoms with Gasteiger partial charge < -0.3 is 10.3 Å². The van der Waals surface area contributed by atoms with Crippen LogP contribution in [0.2, 0.25) is 0 Å². The zero-order valence-corrected chi connectivity index (χ0v) is 8.87. The summed E-state index contributed by atoms with van der Waals surface area (Å²) in [5.41, 5.74) is 7.27. The molecular weight excluding hydrogens is 202 g/mol. The summed E-state index contributed by atoms with van der Waals surface area (Å²) in [5.74, 6) is 0.448. The minimum absolute atomic E-state index is 0.355. The van der Waals surface area contributed by atoms with E-state index in [0.29, 0.717) is 17.4 Å². The van der Waals surface area contributed by atoms with E-state index in [-0.39, 0.29) is 0 Å². The van der Waals surface area contributed by atoms with E-state index in [9.17, 15) is 0 Å². The lowest BCUT2D eigenvalue weighted by atomic mass is 10.0. The zero-order chi connectivity index (χ0) is 11.0. The monoisotopic (exact) mass is 215 g/mol. The molecule has 0 aromatic carbocycles. The Morgan fingerprint density at radius 1 is 1.31 bits per heavy atom. The van der Waals surface area contributed by atoms with Crippen molar-refractivity contribution in [3.8, 4) is 0 Å². The highest BCUT2D eigenvalue weighted by Gasteiger charge is 2.15. The van der Waals surface area contributed by atoms with Gasteiger partial charge in [-0.3, -0.25) is 0 Å². The second-order valence-electron chi connectivity index (χ2n) is 4.01. The summed E-state index contributed by atoms with van der Waals surface area (Å²) in [6.45, 7) is 0. The van der Waals surface area contributed by atoms with Crippen molar-refractivity contribution in [3.63, 3.8) is 0 Å². The lowest BCUT2D eigenvalue weighted by Gasteiger charge is -2.17. The third kappa shape index (κ3) is 1.36. The van der Waals surface area contributed by atoms with Gasteiger partial charge in [0.1, 0.15) is 11.8 Å². The van der Waals surface area contributed by atoms with Crippen molar-refractivity contribution in [2.75, 3.05) is 5.73 Å². The van der Waals surface area contributed by atoms with E-state index in [1.165, 1.54) is 19.2 Å². The van der Waals surface area contributed by atoms with E-state index in [1.54, 1.807) is 6.33 Å². The average molecular weight is 215 g/mol. The molecule has 0 spiro atoms. The van der Waals surface area contributed by atoms with E-state index < -0.39 is 0 Å². The summed E-state index contributed by atoms with van der Waals surface area (Å²) in [6.07, 6.45) is 11.2. The fourth-order valence-corrected chi connectivity index (χ4v) is 2.14. The van der Waals surface area contributed by atoms with Gasteiger partial charge in [-0.25, -0.2) is 15.0 Å². The molecule has 5 heteroatoms. The van der Waals surface area contributed by atoms with E-state index in [4.69, 9.17) is 5.73 Å². The van der Waals surface area contributed by atoms with Gasteiger partial charge in [0.25, 0.3) is 0 Å². The van der Waals surface area contributed by atoms with E-state index in [0.717, 1.165) is 12.1 Å². The van der Waals surface area contributed by atoms with Crippen LogP contribution >= 0.6 is 0 Å². The maximum atomic E-state index is 5.75. The van der Waals surface area contributed by atoms with E-state index >= 15 is 0 Å². The maximum absolute atomic E-state index is 5.75. The number of nitrogen functional groups attached to an aromatic ring is 1. The summed E-state index contributed by atoms with van der Waals surface area (Å²) < 4.78 is 2.07. The van der Waals surface area contributed by atoms with Crippen molar-refractivity contribution >= 4 is 17.0 Å². The van der Waals surface area contributed by atoms with Crippen LogP contribution in [0, 0.1) is 0 Å². The highest BCUT2D eigenvalue weighted by Crippen LogP contribution is 2.26. The first-order valence-corrected chi connectivity index (χ1v) is 5.46. The van der Waals surface area contributed by atoms with E-state index in [2.05, 4.69) is 31.7 Å². The Balaban J connectivity index is 2.13. The molecule has 1 aliphatic rings. The molecule has 2 N–H and O–H groups in total. The van der Waals surface area contributed by atoms with Crippen LogP contribution < -0.4 is 5.73 Å². The Morgan fingerprint density at radius 2 is 2.25 bits per heavy atom. The molecule has 0 amide bonds. The molecule has 3 rings (SSSR count). The second kappa shape index (κ2) is 3.59. The third-order valence-electron chi connectivity index (χ3n) is 2.97. The number of imidazole rings is 1. The van der Waals surface area contributed by atoms with Gasteiger partial charge in [0, 0.05) is 0 Å². The van der Waals surface area contributed by atoms with Crippen molar-refractivity contribution in [2.45, 2.75) is 25.3 Å². The van der Waals surface area contributed by atoms with Crippen molar-refractivity contribution in [2.24, 2.45) is 0 Å². The number of rotatable bonds is 1. The number of allylic oxidation sites excluding steroid dienone is 2. The van der Waals surface area contributed by atoms with Crippen LogP contribution in [0.3, 0.4) is 0 Å². The van der Waals surface area contributed by atoms with Crippen molar-refractivity contribution in [1.29, 1.82) is 0 Å². The predicted molar refractivity (Wildman–Crippen MR) is 61.8 cm³/mol. The lowest BCUT2D eigenvalue weighted by molar-refractivity contribution is 0.525. The maximum Gasteiger partial charge on any atom is 0.165 e. The molecule has 0 saturated carbocycles. The van der Waals surface area contributed by atoms with Gasteiger partial charge in [-0.05, 0) is 19.3 Å². The highest BCUT2D eigenvalue weighted by atomic mass is 15.1. The van der Waals surface area contributed by atoms with Gasteiger partial charge in [-0.1, -0.05) is 12.2 Å². The molecule has 0 bridgehead atoms. The summed E-state index contributed by atoms with van der Waals surface area (Å²) in [7, 11) is 0. The van der Waals surface area contributed by atoms with Gasteiger partial charge in [0.05, 0.1) is 12.4 Å².